The molecule has 0 aromatic rings. The van der Waals surface area contributed by atoms with Crippen molar-refractivity contribution in [2.24, 2.45) is 22.1 Å². The Hall–Kier alpha value is -6.15. The molecule has 0 radical (unpaired) electrons. The second kappa shape index (κ2) is 39.7. The molecule has 6 heterocycles. The predicted octanol–water partition coefficient (Wildman–Crippen LogP) is 8.86. The van der Waals surface area contributed by atoms with Gasteiger partial charge in [-0.1, -0.05) is 76.4 Å². The fourth-order valence-corrected chi connectivity index (χ4v) is 13.0. The van der Waals surface area contributed by atoms with Crippen molar-refractivity contribution in [3.05, 3.63) is 42.2 Å². The number of alkyl halides is 1. The van der Waals surface area contributed by atoms with Crippen molar-refractivity contribution in [2.75, 3.05) is 51.0 Å². The first-order valence-corrected chi connectivity index (χ1v) is 33.1. The summed E-state index contributed by atoms with van der Waals surface area (Å²) < 4.78 is 103. The predicted molar refractivity (Wildman–Crippen MR) is 328 cm³/mol. The molecule has 6 rings (SSSR count). The van der Waals surface area contributed by atoms with Crippen LogP contribution in [0.15, 0.2) is 31.6 Å². The summed E-state index contributed by atoms with van der Waals surface area (Å²) in [5.41, 5.74) is 16.3. The Morgan fingerprint density at radius 1 is 0.570 bits per heavy atom. The first-order valence-electron chi connectivity index (χ1n) is 31.1. The fraction of sp³-hybridized carbons (Fsp3) is 0.800. The lowest BCUT2D eigenvalue weighted by Gasteiger charge is -2.52. The second-order valence-corrected chi connectivity index (χ2v) is 24.9. The molecule has 524 valence electrons. The molecule has 93 heavy (non-hydrogen) atoms. The molecular weight excluding hydrogens is 1270 g/mol. The summed E-state index contributed by atoms with van der Waals surface area (Å²) in [5.74, 6) is -7.27. The molecule has 6 aliphatic rings. The summed E-state index contributed by atoms with van der Waals surface area (Å²) in [6, 6.07) is 0. The van der Waals surface area contributed by atoms with Gasteiger partial charge in [0.05, 0.1) is 40.8 Å². The lowest BCUT2D eigenvalue weighted by Crippen LogP contribution is -2.62. The highest BCUT2D eigenvalue weighted by molar-refractivity contribution is 8.03. The molecule has 16 atom stereocenters. The van der Waals surface area contributed by atoms with E-state index >= 15 is 4.39 Å². The highest BCUT2D eigenvalue weighted by Gasteiger charge is 2.60. The van der Waals surface area contributed by atoms with Gasteiger partial charge in [-0.15, -0.1) is 23.5 Å². The third-order valence-corrected chi connectivity index (χ3v) is 17.7. The van der Waals surface area contributed by atoms with Crippen LogP contribution in [0.4, 0.5) is 4.39 Å². The van der Waals surface area contributed by atoms with E-state index in [2.05, 4.69) is 20.1 Å². The summed E-state index contributed by atoms with van der Waals surface area (Å²) >= 11 is 2.40. The monoisotopic (exact) mass is 1360 g/mol. The van der Waals surface area contributed by atoms with Gasteiger partial charge in [0.1, 0.15) is 49.8 Å². The zero-order valence-corrected chi connectivity index (χ0v) is 56.6. The summed E-state index contributed by atoms with van der Waals surface area (Å²) in [6.07, 6.45) is -3.97. The summed E-state index contributed by atoms with van der Waals surface area (Å²) in [7, 11) is 0. The van der Waals surface area contributed by atoms with Crippen molar-refractivity contribution in [1.29, 1.82) is 0 Å². The van der Waals surface area contributed by atoms with Crippen LogP contribution in [-0.4, -0.2) is 189 Å². The lowest BCUT2D eigenvalue weighted by molar-refractivity contribution is -0.316. The molecule has 10 unspecified atom stereocenters. The maximum absolute atomic E-state index is 15.0. The number of hydrogen-bond donors (Lipinski definition) is 1. The summed E-state index contributed by atoms with van der Waals surface area (Å²) in [6.45, 7) is 18.6. The normalized spacial score (nSPS) is 29.1. The number of azide groups is 2. The van der Waals surface area contributed by atoms with E-state index in [0.29, 0.717) is 43.9 Å². The van der Waals surface area contributed by atoms with E-state index in [1.807, 2.05) is 27.7 Å². The molecule has 1 N–H and O–H groups in total. The van der Waals surface area contributed by atoms with Gasteiger partial charge in [-0.2, -0.15) is 0 Å². The first-order chi connectivity index (χ1) is 44.2. The topological polar surface area (TPSA) is 393 Å². The molecule has 0 bridgehead atoms. The standard InChI is InChI=1S/C30H45N3O12S.C24H33FO11S.C6H13N3O/c1-7-17(2)24-25(41-20(5)36)22(40-19(4)35)14-30(44-24)16-46-28-27(45-30)26(42-21(6)37)23(15-39-18(3)34)43-29(28)38-13-11-9-8-10-12-32-33-31;1-7-11(2)18-19(32-14(5)28)16(31-13(4)27)8-24(35-18)10-37-22-21(36-24)20(33-15(6)29)17(34-23(22)25)9-30-12(3)26;7-9-8-5-3-1-2-4-6-10/h17,22-26,29H,7-16H2,1-6H3;11,16-20,23H,7-10H2,1-6H3;10H,1-6H2/t17-,22?,23?,24+,25?,26?,29?,30+;11-,16?,17?,18+,19?,20?,23?,24+;/m11./s1. The SMILES string of the molecule is CC[C@@H](C)[C@@H]1O[C@@]2(CSC3=C(O2)C(OC(C)=O)C(COC(C)=O)OC3F)CC(OC(C)=O)C1OC(C)=O.CC[C@@H](C)[C@@H]1O[C@@]2(CSC3=C(O2)C(OC(C)=O)C(COC(C)=O)OC3OCCCCCCN=[N+]=[N-])CC(OC(C)=O)C1OC(C)=O.[N-]=[N+]=NCCCCCCO. The largest absolute Gasteiger partial charge is 0.463 e. The maximum atomic E-state index is 15.0. The van der Waals surface area contributed by atoms with Crippen molar-refractivity contribution < 1.29 is 119 Å². The molecule has 0 saturated carbocycles. The molecule has 0 aromatic heterocycles. The van der Waals surface area contributed by atoms with Crippen molar-refractivity contribution in [2.45, 2.75) is 245 Å². The smallest absolute Gasteiger partial charge is 0.303 e. The van der Waals surface area contributed by atoms with Crippen LogP contribution in [0, 0.1) is 11.8 Å². The molecular formula is C60H91FN6O24S2. The highest BCUT2D eigenvalue weighted by atomic mass is 32.2. The van der Waals surface area contributed by atoms with Crippen molar-refractivity contribution >= 4 is 71.3 Å². The molecule has 0 aromatic carbocycles. The fourth-order valence-electron chi connectivity index (χ4n) is 10.7. The first kappa shape index (κ1) is 79.3. The highest BCUT2D eigenvalue weighted by Crippen LogP contribution is 2.51. The number of halogens is 1. The van der Waals surface area contributed by atoms with Crippen molar-refractivity contribution in [3.63, 3.8) is 0 Å². The van der Waals surface area contributed by atoms with E-state index in [9.17, 15) is 38.4 Å². The Balaban J connectivity index is 0.000000351. The average molecular weight is 1360 g/mol. The number of rotatable bonds is 28. The van der Waals surface area contributed by atoms with Crippen LogP contribution in [-0.2, 0) is 109 Å². The zero-order chi connectivity index (χ0) is 69.0. The van der Waals surface area contributed by atoms with Gasteiger partial charge in [0.2, 0.25) is 17.9 Å². The van der Waals surface area contributed by atoms with Gasteiger partial charge in [-0.3, -0.25) is 38.4 Å². The van der Waals surface area contributed by atoms with Gasteiger partial charge in [0.25, 0.3) is 0 Å². The van der Waals surface area contributed by atoms with E-state index < -0.39 is 133 Å². The third-order valence-electron chi connectivity index (χ3n) is 15.1. The maximum Gasteiger partial charge on any atom is 0.303 e. The Bertz CT molecular complexity index is 2700. The Morgan fingerprint density at radius 2 is 0.968 bits per heavy atom. The number of aliphatic hydroxyl groups is 1. The van der Waals surface area contributed by atoms with Crippen LogP contribution in [0.5, 0.6) is 0 Å². The van der Waals surface area contributed by atoms with Gasteiger partial charge in [-0.05, 0) is 48.6 Å². The van der Waals surface area contributed by atoms with Gasteiger partial charge in [0.15, 0.2) is 42.2 Å². The number of esters is 8. The second-order valence-electron chi connectivity index (χ2n) is 22.8. The van der Waals surface area contributed by atoms with E-state index in [0.717, 1.165) is 56.7 Å². The number of carbonyl (C=O) groups excluding carboxylic acids is 8. The Kier molecular flexibility index (Phi) is 33.8. The van der Waals surface area contributed by atoms with Gasteiger partial charge in [-0.25, -0.2) is 4.39 Å². The molecule has 6 aliphatic heterocycles. The molecule has 0 amide bonds. The van der Waals surface area contributed by atoms with Crippen LogP contribution in [0.2, 0.25) is 0 Å². The quantitative estimate of drug-likeness (QED) is 0.0191. The van der Waals surface area contributed by atoms with Crippen LogP contribution in [0.3, 0.4) is 0 Å². The van der Waals surface area contributed by atoms with Crippen LogP contribution in [0.25, 0.3) is 20.9 Å². The Labute approximate surface area is 548 Å². The van der Waals surface area contributed by atoms with Crippen LogP contribution in [0.1, 0.15) is 160 Å². The van der Waals surface area contributed by atoms with Crippen molar-refractivity contribution in [1.82, 2.24) is 0 Å². The lowest BCUT2D eigenvalue weighted by atomic mass is 9.87. The number of aliphatic hydroxyl groups excluding tert-OH is 1. The molecule has 30 nitrogen and oxygen atoms in total. The number of unbranched alkanes of at least 4 members (excludes halogenated alkanes) is 6. The number of nitrogens with zero attached hydrogens (tertiary/aromatic N) is 6. The van der Waals surface area contributed by atoms with Gasteiger partial charge < -0.3 is 76.2 Å². The minimum Gasteiger partial charge on any atom is -0.463 e. The molecule has 2 fully saturated rings. The van der Waals surface area contributed by atoms with E-state index in [-0.39, 0.29) is 72.4 Å². The van der Waals surface area contributed by atoms with Gasteiger partial charge >= 0.3 is 47.8 Å². The van der Waals surface area contributed by atoms with Gasteiger partial charge in [0, 0.05) is 84.9 Å². The minimum absolute atomic E-state index is 0.0187. The Morgan fingerprint density at radius 3 is 1.37 bits per heavy atom. The van der Waals surface area contributed by atoms with Crippen LogP contribution < -0.4 is 0 Å². The summed E-state index contributed by atoms with van der Waals surface area (Å²) in [4.78, 5) is 101. The van der Waals surface area contributed by atoms with E-state index in [4.69, 9.17) is 87.2 Å². The molecule has 2 spiro atoms. The van der Waals surface area contributed by atoms with Crippen molar-refractivity contribution in [3.8, 4) is 0 Å². The molecule has 0 aliphatic carbocycles. The number of thioether (sulfide) groups is 2. The summed E-state index contributed by atoms with van der Waals surface area (Å²) in [5, 5.41) is 15.3. The van der Waals surface area contributed by atoms with E-state index in [1.165, 1.54) is 67.2 Å². The average Bonchev–Trinajstić information content (AvgIpc) is 0.752. The molecule has 33 heteroatoms. The zero-order valence-electron chi connectivity index (χ0n) is 54.9. The van der Waals surface area contributed by atoms with E-state index in [1.54, 1.807) is 0 Å². The number of hydrogen-bond acceptors (Lipinski definition) is 28. The van der Waals surface area contributed by atoms with Crippen LogP contribution >= 0.6 is 23.5 Å². The molecule has 2 saturated heterocycles. The third kappa shape index (κ3) is 25.2. The number of carbonyl (C=O) groups is 8. The minimum atomic E-state index is -1.92. The number of ether oxygens (including phenoxy) is 15.